The third-order valence-electron chi connectivity index (χ3n) is 0.0916. The van der Waals surface area contributed by atoms with E-state index in [1.807, 2.05) is 0 Å². The standard InChI is InChI=1S/H3N4O/c1-3-4(2)5/h5H,2H2/q+1. The van der Waals surface area contributed by atoms with E-state index in [0.29, 0.717) is 0 Å². The van der Waals surface area contributed by atoms with Crippen molar-refractivity contribution < 1.29 is 5.21 Å². The van der Waals surface area contributed by atoms with Gasteiger partial charge in [-0.15, -0.1) is 0 Å². The zero-order valence-corrected chi connectivity index (χ0v) is 2.37. The van der Waals surface area contributed by atoms with E-state index in [1.165, 1.54) is 0 Å². The van der Waals surface area contributed by atoms with Crippen molar-refractivity contribution in [2.24, 2.45) is 5.84 Å². The van der Waals surface area contributed by atoms with Gasteiger partial charge >= 0.3 is 5.08 Å². The highest BCUT2D eigenvalue weighted by molar-refractivity contribution is 4.16. The van der Waals surface area contributed by atoms with Crippen LogP contribution in [0.1, 0.15) is 0 Å². The lowest BCUT2D eigenvalue weighted by Crippen LogP contribution is -2.16. The zero-order valence-electron chi connectivity index (χ0n) is 2.37. The fraction of sp³-hybridized carbons (Fsp3) is 0. The van der Waals surface area contributed by atoms with E-state index < -0.39 is 0 Å². The third kappa shape index (κ3) is 3.14. The molecule has 28 valence electrons. The van der Waals surface area contributed by atoms with Crippen LogP contribution >= 0.6 is 0 Å². The van der Waals surface area contributed by atoms with Crippen molar-refractivity contribution in [3.8, 4) is 0 Å². The summed E-state index contributed by atoms with van der Waals surface area (Å²) in [5, 5.41) is 16.7. The normalized spacial score (nSPS) is 5.80. The SMILES string of the molecule is N#[N+]N(N)O. The quantitative estimate of drug-likeness (QED) is 0.227. The van der Waals surface area contributed by atoms with E-state index >= 15 is 0 Å². The Kier molecular flexibility index (Phi) is 1.21. The van der Waals surface area contributed by atoms with Gasteiger partial charge in [0.15, 0.2) is 5.28 Å². The average molecular weight is 75.1 g/mol. The molecule has 0 aliphatic heterocycles. The summed E-state index contributed by atoms with van der Waals surface area (Å²) in [4.78, 5) is 0. The number of nitrogens with zero attached hydrogens (tertiary/aromatic N) is 3. The van der Waals surface area contributed by atoms with Gasteiger partial charge in [0.2, 0.25) is 0 Å². The maximum Gasteiger partial charge on any atom is 0.352 e. The van der Waals surface area contributed by atoms with E-state index in [9.17, 15) is 0 Å². The number of hydrogen-bond donors (Lipinski definition) is 2. The third-order valence-corrected chi connectivity index (χ3v) is 0.0916. The van der Waals surface area contributed by atoms with Crippen molar-refractivity contribution in [1.82, 2.24) is 5.28 Å². The number of rotatable bonds is 0. The molecule has 0 saturated carbocycles. The van der Waals surface area contributed by atoms with Crippen LogP contribution in [0.15, 0.2) is 0 Å². The molecule has 5 heteroatoms. The van der Waals surface area contributed by atoms with Crippen molar-refractivity contribution in [2.45, 2.75) is 0 Å². The smallest absolute Gasteiger partial charge is 0.209 e. The number of diazo groups is 1. The van der Waals surface area contributed by atoms with Crippen LogP contribution in [0.25, 0.3) is 5.08 Å². The summed E-state index contributed by atoms with van der Waals surface area (Å²) < 4.78 is 0. The van der Waals surface area contributed by atoms with Crippen LogP contribution in [-0.2, 0) is 0 Å². The minimum atomic E-state index is -0.194. The largest absolute Gasteiger partial charge is 0.352 e. The van der Waals surface area contributed by atoms with E-state index in [2.05, 4.69) is 10.9 Å². The van der Waals surface area contributed by atoms with Gasteiger partial charge in [0.25, 0.3) is 5.39 Å². The highest BCUT2D eigenvalue weighted by atomic mass is 16.6. The van der Waals surface area contributed by atoms with E-state index in [0.717, 1.165) is 0 Å². The van der Waals surface area contributed by atoms with Gasteiger partial charge in [-0.1, -0.05) is 0 Å². The van der Waals surface area contributed by atoms with Crippen molar-refractivity contribution in [2.75, 3.05) is 0 Å². The second-order valence-corrected chi connectivity index (χ2v) is 0.410. The summed E-state index contributed by atoms with van der Waals surface area (Å²) in [5.41, 5.74) is 0. The first-order valence-electron chi connectivity index (χ1n) is 0.858. The summed E-state index contributed by atoms with van der Waals surface area (Å²) in [5.74, 6) is 4.26. The van der Waals surface area contributed by atoms with Crippen LogP contribution in [-0.4, -0.2) is 10.5 Å². The Hall–Kier alpha value is -0.860. The molecule has 0 aliphatic rings. The van der Waals surface area contributed by atoms with Crippen LogP contribution in [0.2, 0.25) is 0 Å². The van der Waals surface area contributed by atoms with Gasteiger partial charge in [-0.25, -0.2) is 5.21 Å². The molecule has 0 heterocycles. The van der Waals surface area contributed by atoms with Gasteiger partial charge in [-0.2, -0.15) is 5.84 Å². The molecule has 5 nitrogen and oxygen atoms in total. The predicted octanol–water partition coefficient (Wildman–Crippen LogP) is -0.681. The Labute approximate surface area is 28.1 Å². The molecule has 0 amide bonds. The van der Waals surface area contributed by atoms with Crippen LogP contribution in [0.5, 0.6) is 0 Å². The second-order valence-electron chi connectivity index (χ2n) is 0.410. The fourth-order valence-electron chi connectivity index (χ4n) is 0. The summed E-state index contributed by atoms with van der Waals surface area (Å²) in [7, 11) is 0. The van der Waals surface area contributed by atoms with Crippen molar-refractivity contribution in [3.05, 3.63) is 5.08 Å². The number of hydrogen-bond acceptors (Lipinski definition) is 4. The monoisotopic (exact) mass is 75.0 g/mol. The minimum Gasteiger partial charge on any atom is -0.209 e. The van der Waals surface area contributed by atoms with E-state index in [1.54, 1.807) is 0 Å². The molecule has 3 N–H and O–H groups in total. The molecule has 0 radical (unpaired) electrons. The molecule has 0 atom stereocenters. The first kappa shape index (κ1) is 4.14. The molecule has 0 fully saturated rings. The van der Waals surface area contributed by atoms with Gasteiger partial charge in [0, 0.05) is 0 Å². The lowest BCUT2D eigenvalue weighted by Gasteiger charge is -1.68. The molecule has 5 heavy (non-hydrogen) atoms. The Morgan fingerprint density at radius 2 is 2.20 bits per heavy atom. The molecular weight excluding hydrogens is 72.0 g/mol. The Balaban J connectivity index is 2.94. The molecule has 0 rings (SSSR count). The molecular formula is H3N4O+. The summed E-state index contributed by atoms with van der Waals surface area (Å²) in [6, 6.07) is 0. The van der Waals surface area contributed by atoms with E-state index in [4.69, 9.17) is 10.6 Å². The first-order valence-corrected chi connectivity index (χ1v) is 0.858. The number of hydrazine groups is 1. The van der Waals surface area contributed by atoms with Crippen LogP contribution in [0.4, 0.5) is 0 Å². The van der Waals surface area contributed by atoms with Crippen molar-refractivity contribution in [3.63, 3.8) is 0 Å². The molecule has 0 spiro atoms. The molecule has 0 aliphatic carbocycles. The molecule has 0 aromatic rings. The topological polar surface area (TPSA) is 77.6 Å². The van der Waals surface area contributed by atoms with Gasteiger partial charge in [-0.05, 0) is 0 Å². The first-order chi connectivity index (χ1) is 2.27. The number of nitrogens with two attached hydrogens (primary N) is 1. The molecule has 0 aromatic carbocycles. The van der Waals surface area contributed by atoms with Gasteiger partial charge in [0.1, 0.15) is 0 Å². The average Bonchev–Trinajstić information content (AvgIpc) is 1.38. The van der Waals surface area contributed by atoms with Gasteiger partial charge < -0.3 is 0 Å². The zero-order chi connectivity index (χ0) is 4.28. The lowest BCUT2D eigenvalue weighted by molar-refractivity contribution is -0.0487. The Bertz CT molecular complexity index is 49.2. The highest BCUT2D eigenvalue weighted by Gasteiger charge is 1.90. The van der Waals surface area contributed by atoms with Crippen molar-refractivity contribution >= 4 is 0 Å². The van der Waals surface area contributed by atoms with Gasteiger partial charge in [-0.3, -0.25) is 0 Å². The van der Waals surface area contributed by atoms with Crippen LogP contribution < -0.4 is 5.84 Å². The van der Waals surface area contributed by atoms with Crippen LogP contribution in [0.3, 0.4) is 0 Å². The van der Waals surface area contributed by atoms with Crippen molar-refractivity contribution in [1.29, 1.82) is 5.39 Å². The molecule has 0 bridgehead atoms. The summed E-state index contributed by atoms with van der Waals surface area (Å²) in [6.45, 7) is 0. The molecule has 0 saturated heterocycles. The fourth-order valence-corrected chi connectivity index (χ4v) is 0. The highest BCUT2D eigenvalue weighted by Crippen LogP contribution is 1.56. The lowest BCUT2D eigenvalue weighted by atomic mass is 12.4. The maximum absolute atomic E-state index is 7.56. The predicted molar refractivity (Wildman–Crippen MR) is 12.9 cm³/mol. The van der Waals surface area contributed by atoms with E-state index in [-0.39, 0.29) is 5.28 Å². The molecule has 0 aromatic heterocycles. The summed E-state index contributed by atoms with van der Waals surface area (Å²) >= 11 is 0. The Morgan fingerprint density at radius 3 is 2.20 bits per heavy atom. The second kappa shape index (κ2) is 1.46. The molecule has 0 unspecified atom stereocenters. The summed E-state index contributed by atoms with van der Waals surface area (Å²) in [6.07, 6.45) is 0. The Morgan fingerprint density at radius 1 is 2.00 bits per heavy atom. The maximum atomic E-state index is 7.56. The van der Waals surface area contributed by atoms with Crippen LogP contribution in [0, 0.1) is 5.39 Å². The minimum absolute atomic E-state index is 0.194. The van der Waals surface area contributed by atoms with Gasteiger partial charge in [0.05, 0.1) is 0 Å².